The molecule has 0 saturated carbocycles. The summed E-state index contributed by atoms with van der Waals surface area (Å²) >= 11 is 5.91. The first kappa shape index (κ1) is 17.9. The number of methoxy groups -OCH3 is 1. The van der Waals surface area contributed by atoms with Crippen LogP contribution < -0.4 is 5.32 Å². The highest BCUT2D eigenvalue weighted by molar-refractivity contribution is 6.30. The molecule has 3 aromatic rings. The first-order chi connectivity index (χ1) is 13.2. The number of aromatic nitrogens is 1. The maximum atomic E-state index is 12.8. The number of urea groups is 1. The van der Waals surface area contributed by atoms with Gasteiger partial charge in [0.05, 0.1) is 6.61 Å². The minimum absolute atomic E-state index is 0.0910. The van der Waals surface area contributed by atoms with Gasteiger partial charge in [-0.25, -0.2) is 4.79 Å². The average molecular weight is 384 g/mol. The molecule has 4 rings (SSSR count). The van der Waals surface area contributed by atoms with Crippen LogP contribution in [0.5, 0.6) is 0 Å². The second kappa shape index (κ2) is 7.62. The summed E-state index contributed by atoms with van der Waals surface area (Å²) in [4.78, 5) is 14.6. The molecule has 1 N–H and O–H groups in total. The van der Waals surface area contributed by atoms with Gasteiger partial charge in [0.2, 0.25) is 0 Å². The van der Waals surface area contributed by atoms with Crippen molar-refractivity contribution < 1.29 is 9.53 Å². The number of halogens is 1. The molecule has 0 atom stereocenters. The number of benzene rings is 2. The van der Waals surface area contributed by atoms with Crippen LogP contribution in [0.1, 0.15) is 11.1 Å². The Balaban J connectivity index is 1.57. The van der Waals surface area contributed by atoms with Gasteiger partial charge in [0, 0.05) is 54.6 Å². The maximum Gasteiger partial charge on any atom is 0.322 e. The molecule has 27 heavy (non-hydrogen) atoms. The van der Waals surface area contributed by atoms with Gasteiger partial charge >= 0.3 is 6.03 Å². The number of nitrogens with zero attached hydrogens (tertiary/aromatic N) is 2. The number of hydrogen-bond acceptors (Lipinski definition) is 2. The predicted molar refractivity (Wildman–Crippen MR) is 108 cm³/mol. The first-order valence-electron chi connectivity index (χ1n) is 9.06. The predicted octanol–water partition coefficient (Wildman–Crippen LogP) is 4.53. The molecule has 0 fully saturated rings. The molecule has 140 valence electrons. The average Bonchev–Trinajstić information content (AvgIpc) is 2.92. The van der Waals surface area contributed by atoms with Gasteiger partial charge in [-0.05, 0) is 47.9 Å². The van der Waals surface area contributed by atoms with Gasteiger partial charge in [0.15, 0.2) is 0 Å². The number of carbonyl (C=O) groups is 1. The maximum absolute atomic E-state index is 12.8. The Morgan fingerprint density at radius 1 is 1.19 bits per heavy atom. The van der Waals surface area contributed by atoms with E-state index in [0.717, 1.165) is 18.7 Å². The summed E-state index contributed by atoms with van der Waals surface area (Å²) in [5, 5.41) is 4.89. The summed E-state index contributed by atoms with van der Waals surface area (Å²) in [5.41, 5.74) is 4.43. The SMILES string of the molecule is COCCn1cc2c3c(cccc31)CN(C(=O)Nc1ccc(Cl)cc1)CC2. The highest BCUT2D eigenvalue weighted by Crippen LogP contribution is 2.29. The van der Waals surface area contributed by atoms with E-state index in [-0.39, 0.29) is 6.03 Å². The van der Waals surface area contributed by atoms with E-state index in [2.05, 4.69) is 34.3 Å². The van der Waals surface area contributed by atoms with Crippen molar-refractivity contribution in [2.75, 3.05) is 25.6 Å². The van der Waals surface area contributed by atoms with Crippen molar-refractivity contribution in [3.05, 3.63) is 64.8 Å². The van der Waals surface area contributed by atoms with E-state index >= 15 is 0 Å². The van der Waals surface area contributed by atoms with E-state index in [9.17, 15) is 4.79 Å². The Bertz CT molecular complexity index is 965. The fourth-order valence-electron chi connectivity index (χ4n) is 3.66. The number of rotatable bonds is 4. The van der Waals surface area contributed by atoms with E-state index < -0.39 is 0 Å². The fourth-order valence-corrected chi connectivity index (χ4v) is 3.79. The minimum atomic E-state index is -0.0910. The van der Waals surface area contributed by atoms with Gasteiger partial charge in [0.1, 0.15) is 0 Å². The Morgan fingerprint density at radius 2 is 2.00 bits per heavy atom. The summed E-state index contributed by atoms with van der Waals surface area (Å²) in [6.07, 6.45) is 3.04. The van der Waals surface area contributed by atoms with Crippen LogP contribution in [0.25, 0.3) is 10.9 Å². The standard InChI is InChI=1S/C21H22ClN3O2/c1-27-12-11-24-13-16-9-10-25(14-15-3-2-4-19(24)20(15)16)21(26)23-18-7-5-17(22)6-8-18/h2-8,13H,9-12,14H2,1H3,(H,23,26). The quantitative estimate of drug-likeness (QED) is 0.719. The van der Waals surface area contributed by atoms with E-state index in [4.69, 9.17) is 16.3 Å². The second-order valence-corrected chi connectivity index (χ2v) is 7.20. The largest absolute Gasteiger partial charge is 0.383 e. The van der Waals surface area contributed by atoms with E-state index in [1.807, 2.05) is 17.0 Å². The molecule has 6 heteroatoms. The van der Waals surface area contributed by atoms with E-state index in [1.54, 1.807) is 19.2 Å². The van der Waals surface area contributed by atoms with Crippen molar-refractivity contribution >= 4 is 34.2 Å². The van der Waals surface area contributed by atoms with E-state index in [1.165, 1.54) is 22.0 Å². The monoisotopic (exact) mass is 383 g/mol. The van der Waals surface area contributed by atoms with Crippen LogP contribution >= 0.6 is 11.6 Å². The summed E-state index contributed by atoms with van der Waals surface area (Å²) in [5.74, 6) is 0. The molecule has 0 spiro atoms. The molecule has 0 radical (unpaired) electrons. The first-order valence-corrected chi connectivity index (χ1v) is 9.43. The number of nitrogens with one attached hydrogen (secondary N) is 1. The van der Waals surface area contributed by atoms with Crippen molar-refractivity contribution in [1.82, 2.24) is 9.47 Å². The van der Waals surface area contributed by atoms with Gasteiger partial charge in [0.25, 0.3) is 0 Å². The van der Waals surface area contributed by atoms with Crippen LogP contribution in [-0.4, -0.2) is 35.8 Å². The second-order valence-electron chi connectivity index (χ2n) is 6.76. The topological polar surface area (TPSA) is 46.5 Å². The lowest BCUT2D eigenvalue weighted by atomic mass is 10.1. The molecule has 0 unspecified atom stereocenters. The van der Waals surface area contributed by atoms with Gasteiger partial charge in [-0.1, -0.05) is 23.7 Å². The Hall–Kier alpha value is -2.50. The summed E-state index contributed by atoms with van der Waals surface area (Å²) in [6.45, 7) is 2.79. The zero-order valence-corrected chi connectivity index (χ0v) is 16.0. The van der Waals surface area contributed by atoms with Crippen molar-refractivity contribution in [2.24, 2.45) is 0 Å². The summed E-state index contributed by atoms with van der Waals surface area (Å²) in [6, 6.07) is 13.4. The number of ether oxygens (including phenoxy) is 1. The van der Waals surface area contributed by atoms with Gasteiger partial charge in [-0.3, -0.25) is 0 Å². The third kappa shape index (κ3) is 3.66. The van der Waals surface area contributed by atoms with Crippen LogP contribution in [0.15, 0.2) is 48.7 Å². The van der Waals surface area contributed by atoms with Crippen LogP contribution in [0.2, 0.25) is 5.02 Å². The lowest BCUT2D eigenvalue weighted by molar-refractivity contribution is 0.188. The molecule has 0 aliphatic carbocycles. The third-order valence-electron chi connectivity index (χ3n) is 5.00. The highest BCUT2D eigenvalue weighted by Gasteiger charge is 2.22. The Morgan fingerprint density at radius 3 is 2.78 bits per heavy atom. The third-order valence-corrected chi connectivity index (χ3v) is 5.25. The number of amides is 2. The van der Waals surface area contributed by atoms with Crippen molar-refractivity contribution in [3.8, 4) is 0 Å². The normalized spacial score (nSPS) is 13.6. The number of hydrogen-bond donors (Lipinski definition) is 1. The fraction of sp³-hybridized carbons (Fsp3) is 0.286. The smallest absolute Gasteiger partial charge is 0.322 e. The van der Waals surface area contributed by atoms with Crippen LogP contribution in [0, 0.1) is 0 Å². The van der Waals surface area contributed by atoms with Gasteiger partial charge in [-0.2, -0.15) is 0 Å². The molecular weight excluding hydrogens is 362 g/mol. The van der Waals surface area contributed by atoms with Crippen LogP contribution in [0.4, 0.5) is 10.5 Å². The molecule has 0 saturated heterocycles. The van der Waals surface area contributed by atoms with E-state index in [0.29, 0.717) is 24.7 Å². The minimum Gasteiger partial charge on any atom is -0.383 e. The Kier molecular flexibility index (Phi) is 5.05. The summed E-state index contributed by atoms with van der Waals surface area (Å²) in [7, 11) is 1.72. The van der Waals surface area contributed by atoms with Gasteiger partial charge in [-0.15, -0.1) is 0 Å². The lowest BCUT2D eigenvalue weighted by Gasteiger charge is -2.22. The zero-order valence-electron chi connectivity index (χ0n) is 15.2. The molecule has 2 amide bonds. The number of anilines is 1. The lowest BCUT2D eigenvalue weighted by Crippen LogP contribution is -2.35. The molecule has 2 heterocycles. The van der Waals surface area contributed by atoms with Crippen LogP contribution in [0.3, 0.4) is 0 Å². The van der Waals surface area contributed by atoms with Crippen molar-refractivity contribution in [3.63, 3.8) is 0 Å². The molecule has 1 aromatic heterocycles. The molecule has 1 aliphatic rings. The molecule has 1 aliphatic heterocycles. The molecule has 0 bridgehead atoms. The molecular formula is C21H22ClN3O2. The molecule has 2 aromatic carbocycles. The van der Waals surface area contributed by atoms with Crippen LogP contribution in [-0.2, 0) is 24.2 Å². The summed E-state index contributed by atoms with van der Waals surface area (Å²) < 4.78 is 7.48. The Labute approximate surface area is 163 Å². The van der Waals surface area contributed by atoms with Crippen molar-refractivity contribution in [1.29, 1.82) is 0 Å². The highest BCUT2D eigenvalue weighted by atomic mass is 35.5. The number of carbonyl (C=O) groups excluding carboxylic acids is 1. The zero-order chi connectivity index (χ0) is 18.8. The molecule has 5 nitrogen and oxygen atoms in total. The van der Waals surface area contributed by atoms with Gasteiger partial charge < -0.3 is 19.5 Å². The van der Waals surface area contributed by atoms with Crippen molar-refractivity contribution in [2.45, 2.75) is 19.5 Å².